The molecule has 0 spiro atoms. The lowest BCUT2D eigenvalue weighted by Crippen LogP contribution is -2.50. The lowest BCUT2D eigenvalue weighted by molar-refractivity contribution is -0.122. The molecule has 144 valence electrons. The Bertz CT molecular complexity index is 944. The van der Waals surface area contributed by atoms with E-state index in [1.807, 2.05) is 43.3 Å². The number of carboxylic acid groups (broad SMARTS) is 1. The van der Waals surface area contributed by atoms with Crippen molar-refractivity contribution in [2.24, 2.45) is 0 Å². The molecule has 28 heavy (non-hydrogen) atoms. The molecule has 0 unspecified atom stereocenters. The SMILES string of the molecule is Cc1ccc([C@@]2(NC(=O)c3ccsn3)CCOc3cccnc32)cc1.O=CO. The predicted octanol–water partition coefficient (Wildman–Crippen LogP) is 3.00. The van der Waals surface area contributed by atoms with Crippen LogP contribution in [0.1, 0.15) is 33.7 Å². The number of nitrogens with one attached hydrogen (secondary N) is 1. The highest BCUT2D eigenvalue weighted by Gasteiger charge is 2.42. The third kappa shape index (κ3) is 3.86. The van der Waals surface area contributed by atoms with Gasteiger partial charge in [-0.25, -0.2) is 0 Å². The highest BCUT2D eigenvalue weighted by atomic mass is 32.1. The Morgan fingerprint density at radius 1 is 1.29 bits per heavy atom. The molecule has 0 saturated heterocycles. The third-order valence-corrected chi connectivity index (χ3v) is 5.01. The van der Waals surface area contributed by atoms with Gasteiger partial charge >= 0.3 is 0 Å². The topological polar surface area (TPSA) is 101 Å². The molecule has 8 heteroatoms. The summed E-state index contributed by atoms with van der Waals surface area (Å²) in [6.07, 6.45) is 2.33. The maximum absolute atomic E-state index is 12.8. The molecule has 1 aliphatic heterocycles. The number of fused-ring (bicyclic) bond motifs is 1. The summed E-state index contributed by atoms with van der Waals surface area (Å²) in [5.74, 6) is 0.494. The Morgan fingerprint density at radius 2 is 2.04 bits per heavy atom. The van der Waals surface area contributed by atoms with Crippen molar-refractivity contribution in [1.29, 1.82) is 0 Å². The molecule has 2 aromatic heterocycles. The third-order valence-electron chi connectivity index (χ3n) is 4.45. The Labute approximate surface area is 166 Å². The minimum atomic E-state index is -0.733. The zero-order valence-electron chi connectivity index (χ0n) is 15.2. The molecule has 0 saturated carbocycles. The Balaban J connectivity index is 0.000000706. The van der Waals surface area contributed by atoms with E-state index in [0.29, 0.717) is 24.5 Å². The standard InChI is InChI=1S/C19H17N3O2S.CH2O2/c1-13-4-6-14(7-5-13)19(21-18(23)15-8-12-25-22-15)9-11-24-16-3-2-10-20-17(16)19;2-1-3/h2-8,10,12H,9,11H2,1H3,(H,21,23);1H,(H,2,3)/t19-;/m0./s1. The van der Waals surface area contributed by atoms with Crippen molar-refractivity contribution >= 4 is 23.9 Å². The van der Waals surface area contributed by atoms with Crippen LogP contribution in [0, 0.1) is 6.92 Å². The molecular weight excluding hydrogens is 378 g/mol. The number of carbonyl (C=O) groups excluding carboxylic acids is 1. The lowest BCUT2D eigenvalue weighted by atomic mass is 9.81. The van der Waals surface area contributed by atoms with Crippen LogP contribution in [0.2, 0.25) is 0 Å². The van der Waals surface area contributed by atoms with Gasteiger partial charge in [0, 0.05) is 18.0 Å². The first-order valence-corrected chi connectivity index (χ1v) is 9.40. The largest absolute Gasteiger partial charge is 0.491 e. The number of hydrogen-bond donors (Lipinski definition) is 2. The van der Waals surface area contributed by atoms with E-state index >= 15 is 0 Å². The number of ether oxygens (including phenoxy) is 1. The summed E-state index contributed by atoms with van der Waals surface area (Å²) in [6, 6.07) is 13.6. The van der Waals surface area contributed by atoms with Gasteiger partial charge in [-0.05, 0) is 42.2 Å². The first-order chi connectivity index (χ1) is 13.6. The van der Waals surface area contributed by atoms with Crippen LogP contribution in [0.25, 0.3) is 0 Å². The molecule has 1 aromatic carbocycles. The van der Waals surface area contributed by atoms with Crippen LogP contribution in [0.15, 0.2) is 54.0 Å². The molecule has 3 aromatic rings. The summed E-state index contributed by atoms with van der Waals surface area (Å²) < 4.78 is 9.92. The van der Waals surface area contributed by atoms with Gasteiger partial charge in [0.15, 0.2) is 0 Å². The van der Waals surface area contributed by atoms with Gasteiger partial charge in [0.25, 0.3) is 12.4 Å². The Kier molecular flexibility index (Phi) is 6.00. The predicted molar refractivity (Wildman–Crippen MR) is 105 cm³/mol. The fourth-order valence-corrected chi connectivity index (χ4v) is 3.67. The van der Waals surface area contributed by atoms with E-state index in [-0.39, 0.29) is 12.4 Å². The van der Waals surface area contributed by atoms with Crippen LogP contribution in [0.3, 0.4) is 0 Å². The number of benzene rings is 1. The summed E-state index contributed by atoms with van der Waals surface area (Å²) in [5, 5.41) is 11.9. The summed E-state index contributed by atoms with van der Waals surface area (Å²) >= 11 is 1.26. The number of aromatic nitrogens is 2. The first kappa shape index (κ1) is 19.5. The Morgan fingerprint density at radius 3 is 2.71 bits per heavy atom. The van der Waals surface area contributed by atoms with Crippen LogP contribution < -0.4 is 10.1 Å². The van der Waals surface area contributed by atoms with Gasteiger partial charge in [-0.3, -0.25) is 14.6 Å². The van der Waals surface area contributed by atoms with Crippen molar-refractivity contribution < 1.29 is 19.4 Å². The molecule has 0 radical (unpaired) electrons. The fourth-order valence-electron chi connectivity index (χ4n) is 3.16. The quantitative estimate of drug-likeness (QED) is 0.659. The molecule has 3 heterocycles. The molecule has 0 fully saturated rings. The molecule has 4 rings (SSSR count). The van der Waals surface area contributed by atoms with Gasteiger partial charge in [0.05, 0.1) is 6.61 Å². The van der Waals surface area contributed by atoms with E-state index in [0.717, 1.165) is 16.8 Å². The number of pyridine rings is 1. The van der Waals surface area contributed by atoms with Crippen molar-refractivity contribution in [2.45, 2.75) is 18.9 Å². The summed E-state index contributed by atoms with van der Waals surface area (Å²) in [5.41, 5.74) is 2.57. The number of rotatable bonds is 3. The Hall–Kier alpha value is -3.26. The highest BCUT2D eigenvalue weighted by Crippen LogP contribution is 2.40. The average molecular weight is 397 g/mol. The summed E-state index contributed by atoms with van der Waals surface area (Å²) in [4.78, 5) is 25.7. The van der Waals surface area contributed by atoms with Crippen molar-refractivity contribution in [3.05, 3.63) is 76.6 Å². The number of amides is 1. The molecule has 1 atom stereocenters. The minimum Gasteiger partial charge on any atom is -0.491 e. The second-order valence-electron chi connectivity index (χ2n) is 6.16. The second kappa shape index (κ2) is 8.62. The van der Waals surface area contributed by atoms with E-state index < -0.39 is 5.54 Å². The first-order valence-electron chi connectivity index (χ1n) is 8.57. The van der Waals surface area contributed by atoms with E-state index in [1.54, 1.807) is 17.6 Å². The lowest BCUT2D eigenvalue weighted by Gasteiger charge is -2.38. The van der Waals surface area contributed by atoms with E-state index in [2.05, 4.69) is 14.7 Å². The highest BCUT2D eigenvalue weighted by molar-refractivity contribution is 7.03. The van der Waals surface area contributed by atoms with Crippen molar-refractivity contribution in [1.82, 2.24) is 14.7 Å². The van der Waals surface area contributed by atoms with Crippen molar-refractivity contribution in [2.75, 3.05) is 6.61 Å². The number of nitrogens with zero attached hydrogens (tertiary/aromatic N) is 2. The van der Waals surface area contributed by atoms with Gasteiger partial charge in [-0.1, -0.05) is 29.8 Å². The number of carbonyl (C=O) groups is 2. The van der Waals surface area contributed by atoms with E-state index in [9.17, 15) is 4.79 Å². The molecule has 0 aliphatic carbocycles. The molecule has 1 aliphatic rings. The van der Waals surface area contributed by atoms with Crippen molar-refractivity contribution in [3.63, 3.8) is 0 Å². The average Bonchev–Trinajstić information content (AvgIpc) is 3.24. The van der Waals surface area contributed by atoms with Gasteiger partial charge in [-0.15, -0.1) is 0 Å². The van der Waals surface area contributed by atoms with Crippen molar-refractivity contribution in [3.8, 4) is 5.75 Å². The van der Waals surface area contributed by atoms with Crippen LogP contribution in [-0.2, 0) is 10.3 Å². The maximum Gasteiger partial charge on any atom is 0.290 e. The fraction of sp³-hybridized carbons (Fsp3) is 0.200. The van der Waals surface area contributed by atoms with E-state index in [4.69, 9.17) is 14.6 Å². The van der Waals surface area contributed by atoms with Gasteiger partial charge in [0.1, 0.15) is 22.7 Å². The minimum absolute atomic E-state index is 0.208. The van der Waals surface area contributed by atoms with Crippen LogP contribution in [-0.4, -0.2) is 33.5 Å². The molecule has 2 N–H and O–H groups in total. The summed E-state index contributed by atoms with van der Waals surface area (Å²) in [6.45, 7) is 2.30. The van der Waals surface area contributed by atoms with E-state index in [1.165, 1.54) is 11.5 Å². The molecule has 7 nitrogen and oxygen atoms in total. The van der Waals surface area contributed by atoms with Gasteiger partial charge < -0.3 is 15.2 Å². The van der Waals surface area contributed by atoms with Crippen LogP contribution in [0.5, 0.6) is 5.75 Å². The summed E-state index contributed by atoms with van der Waals surface area (Å²) in [7, 11) is 0. The molecule has 1 amide bonds. The monoisotopic (exact) mass is 397 g/mol. The molecule has 0 bridgehead atoms. The zero-order chi connectivity index (χ0) is 20.0. The smallest absolute Gasteiger partial charge is 0.290 e. The van der Waals surface area contributed by atoms with Gasteiger partial charge in [-0.2, -0.15) is 4.37 Å². The normalized spacial score (nSPS) is 17.3. The van der Waals surface area contributed by atoms with Gasteiger partial charge in [0.2, 0.25) is 0 Å². The maximum atomic E-state index is 12.8. The number of aryl methyl sites for hydroxylation is 1. The number of hydrogen-bond acceptors (Lipinski definition) is 6. The van der Waals surface area contributed by atoms with Crippen LogP contribution >= 0.6 is 11.5 Å². The second-order valence-corrected chi connectivity index (χ2v) is 6.83. The molecular formula is C20H19N3O4S. The van der Waals surface area contributed by atoms with Crippen LogP contribution in [0.4, 0.5) is 0 Å². The zero-order valence-corrected chi connectivity index (χ0v) is 16.0.